The first kappa shape index (κ1) is 13.2. The number of aryl methyl sites for hydroxylation is 2. The molecule has 2 aromatic rings. The first-order chi connectivity index (χ1) is 9.74. The third kappa shape index (κ3) is 2.72. The number of likely N-dealkylation sites (tertiary alicyclic amines) is 1. The summed E-state index contributed by atoms with van der Waals surface area (Å²) in [6.07, 6.45) is 4.25. The molecule has 1 N–H and O–H groups in total. The SMILES string of the molecule is Cc1cc(C)c2c(NCCN3CCCC3)ncnc2n1. The zero-order valence-corrected chi connectivity index (χ0v) is 12.2. The Morgan fingerprint density at radius 1 is 1.20 bits per heavy atom. The van der Waals surface area contributed by atoms with Crippen molar-refractivity contribution in [3.05, 3.63) is 23.7 Å². The first-order valence-corrected chi connectivity index (χ1v) is 7.29. The van der Waals surface area contributed by atoms with Gasteiger partial charge in [-0.3, -0.25) is 0 Å². The average molecular weight is 271 g/mol. The summed E-state index contributed by atoms with van der Waals surface area (Å²) in [6, 6.07) is 2.08. The quantitative estimate of drug-likeness (QED) is 0.923. The Kier molecular flexibility index (Phi) is 3.78. The molecule has 1 fully saturated rings. The molecule has 0 saturated carbocycles. The molecule has 2 aromatic heterocycles. The van der Waals surface area contributed by atoms with Crippen molar-refractivity contribution in [3.8, 4) is 0 Å². The fourth-order valence-corrected chi connectivity index (χ4v) is 2.88. The first-order valence-electron chi connectivity index (χ1n) is 7.29. The maximum atomic E-state index is 4.48. The second-order valence-corrected chi connectivity index (χ2v) is 5.48. The largest absolute Gasteiger partial charge is 0.368 e. The molecular weight excluding hydrogens is 250 g/mol. The third-order valence-electron chi connectivity index (χ3n) is 3.85. The second kappa shape index (κ2) is 5.71. The highest BCUT2D eigenvalue weighted by Gasteiger charge is 2.12. The number of nitrogens with zero attached hydrogens (tertiary/aromatic N) is 4. The van der Waals surface area contributed by atoms with Crippen LogP contribution in [0.3, 0.4) is 0 Å². The zero-order chi connectivity index (χ0) is 13.9. The number of rotatable bonds is 4. The van der Waals surface area contributed by atoms with Crippen LogP contribution in [0.1, 0.15) is 24.1 Å². The van der Waals surface area contributed by atoms with Gasteiger partial charge in [-0.25, -0.2) is 15.0 Å². The van der Waals surface area contributed by atoms with Crippen molar-refractivity contribution < 1.29 is 0 Å². The van der Waals surface area contributed by atoms with Gasteiger partial charge in [-0.2, -0.15) is 0 Å². The van der Waals surface area contributed by atoms with Gasteiger partial charge in [0.25, 0.3) is 0 Å². The molecule has 1 aliphatic heterocycles. The van der Waals surface area contributed by atoms with E-state index in [0.717, 1.165) is 35.6 Å². The fraction of sp³-hybridized carbons (Fsp3) is 0.533. The smallest absolute Gasteiger partial charge is 0.165 e. The van der Waals surface area contributed by atoms with Crippen LogP contribution in [0.25, 0.3) is 11.0 Å². The molecule has 5 heteroatoms. The molecule has 1 aliphatic rings. The topological polar surface area (TPSA) is 53.9 Å². The van der Waals surface area contributed by atoms with Crippen molar-refractivity contribution in [1.29, 1.82) is 0 Å². The number of hydrogen-bond donors (Lipinski definition) is 1. The number of anilines is 1. The van der Waals surface area contributed by atoms with E-state index in [4.69, 9.17) is 0 Å². The van der Waals surface area contributed by atoms with E-state index < -0.39 is 0 Å². The highest BCUT2D eigenvalue weighted by molar-refractivity contribution is 5.89. The maximum Gasteiger partial charge on any atom is 0.165 e. The van der Waals surface area contributed by atoms with Crippen LogP contribution in [0.4, 0.5) is 5.82 Å². The molecule has 3 heterocycles. The summed E-state index contributed by atoms with van der Waals surface area (Å²) in [5.74, 6) is 0.902. The highest BCUT2D eigenvalue weighted by Crippen LogP contribution is 2.22. The van der Waals surface area contributed by atoms with Gasteiger partial charge in [0.1, 0.15) is 12.1 Å². The van der Waals surface area contributed by atoms with Gasteiger partial charge in [-0.1, -0.05) is 0 Å². The molecule has 0 aliphatic carbocycles. The lowest BCUT2D eigenvalue weighted by Gasteiger charge is -2.16. The number of nitrogens with one attached hydrogen (secondary N) is 1. The van der Waals surface area contributed by atoms with E-state index in [9.17, 15) is 0 Å². The van der Waals surface area contributed by atoms with Gasteiger partial charge in [0.2, 0.25) is 0 Å². The van der Waals surface area contributed by atoms with E-state index in [1.807, 2.05) is 6.92 Å². The van der Waals surface area contributed by atoms with Crippen molar-refractivity contribution in [1.82, 2.24) is 19.9 Å². The van der Waals surface area contributed by atoms with E-state index in [2.05, 4.69) is 38.2 Å². The van der Waals surface area contributed by atoms with Crippen molar-refractivity contribution in [2.45, 2.75) is 26.7 Å². The molecule has 0 spiro atoms. The molecule has 20 heavy (non-hydrogen) atoms. The minimum Gasteiger partial charge on any atom is -0.368 e. The van der Waals surface area contributed by atoms with E-state index in [1.54, 1.807) is 6.33 Å². The predicted molar refractivity (Wildman–Crippen MR) is 81.0 cm³/mol. The van der Waals surface area contributed by atoms with Crippen LogP contribution in [-0.2, 0) is 0 Å². The number of fused-ring (bicyclic) bond motifs is 1. The van der Waals surface area contributed by atoms with Gasteiger partial charge in [-0.15, -0.1) is 0 Å². The lowest BCUT2D eigenvalue weighted by Crippen LogP contribution is -2.26. The maximum absolute atomic E-state index is 4.48. The monoisotopic (exact) mass is 271 g/mol. The summed E-state index contributed by atoms with van der Waals surface area (Å²) < 4.78 is 0. The Hall–Kier alpha value is -1.75. The fourth-order valence-electron chi connectivity index (χ4n) is 2.88. The van der Waals surface area contributed by atoms with Crippen LogP contribution in [0.2, 0.25) is 0 Å². The molecule has 0 atom stereocenters. The van der Waals surface area contributed by atoms with Gasteiger partial charge < -0.3 is 10.2 Å². The molecular formula is C15H21N5. The normalized spacial score (nSPS) is 15.9. The zero-order valence-electron chi connectivity index (χ0n) is 12.2. The van der Waals surface area contributed by atoms with E-state index in [0.29, 0.717) is 0 Å². The molecule has 106 valence electrons. The molecule has 5 nitrogen and oxygen atoms in total. The standard InChI is InChI=1S/C15H21N5/c1-11-9-12(2)19-15-13(11)14(17-10-18-15)16-5-8-20-6-3-4-7-20/h9-10H,3-8H2,1-2H3,(H,16,17,18,19). The summed E-state index contributed by atoms with van der Waals surface area (Å²) in [6.45, 7) is 8.53. The van der Waals surface area contributed by atoms with Crippen molar-refractivity contribution >= 4 is 16.9 Å². The minimum absolute atomic E-state index is 0.779. The number of hydrogen-bond acceptors (Lipinski definition) is 5. The Bertz CT molecular complexity index is 604. The van der Waals surface area contributed by atoms with E-state index >= 15 is 0 Å². The van der Waals surface area contributed by atoms with Crippen LogP contribution in [0, 0.1) is 13.8 Å². The van der Waals surface area contributed by atoms with Crippen LogP contribution >= 0.6 is 0 Å². The van der Waals surface area contributed by atoms with Gasteiger partial charge in [0.05, 0.1) is 5.39 Å². The van der Waals surface area contributed by atoms with Crippen LogP contribution < -0.4 is 5.32 Å². The Balaban J connectivity index is 1.77. The number of aromatic nitrogens is 3. The van der Waals surface area contributed by atoms with Crippen molar-refractivity contribution in [2.24, 2.45) is 0 Å². The van der Waals surface area contributed by atoms with E-state index in [1.165, 1.54) is 31.5 Å². The average Bonchev–Trinajstić information content (AvgIpc) is 2.91. The molecule has 1 saturated heterocycles. The van der Waals surface area contributed by atoms with Crippen molar-refractivity contribution in [2.75, 3.05) is 31.5 Å². The summed E-state index contributed by atoms with van der Waals surface area (Å²) >= 11 is 0. The third-order valence-corrected chi connectivity index (χ3v) is 3.85. The summed E-state index contributed by atoms with van der Waals surface area (Å²) in [7, 11) is 0. The van der Waals surface area contributed by atoms with Crippen LogP contribution in [0.15, 0.2) is 12.4 Å². The van der Waals surface area contributed by atoms with Crippen molar-refractivity contribution in [3.63, 3.8) is 0 Å². The van der Waals surface area contributed by atoms with Gasteiger partial charge in [0, 0.05) is 18.8 Å². The molecule has 0 bridgehead atoms. The Labute approximate surface area is 119 Å². The predicted octanol–water partition coefficient (Wildman–Crippen LogP) is 2.15. The summed E-state index contributed by atoms with van der Waals surface area (Å²) in [4.78, 5) is 15.6. The highest BCUT2D eigenvalue weighted by atomic mass is 15.2. The van der Waals surface area contributed by atoms with Gasteiger partial charge in [0.15, 0.2) is 5.65 Å². The molecule has 0 amide bonds. The lowest BCUT2D eigenvalue weighted by atomic mass is 10.1. The lowest BCUT2D eigenvalue weighted by molar-refractivity contribution is 0.352. The molecule has 0 unspecified atom stereocenters. The molecule has 3 rings (SSSR count). The molecule has 0 radical (unpaired) electrons. The summed E-state index contributed by atoms with van der Waals surface area (Å²) in [5.41, 5.74) is 2.95. The second-order valence-electron chi connectivity index (χ2n) is 5.48. The van der Waals surface area contributed by atoms with Crippen LogP contribution in [-0.4, -0.2) is 46.0 Å². The summed E-state index contributed by atoms with van der Waals surface area (Å²) in [5, 5.41) is 4.48. The van der Waals surface area contributed by atoms with Gasteiger partial charge >= 0.3 is 0 Å². The molecule has 0 aromatic carbocycles. The minimum atomic E-state index is 0.779. The number of pyridine rings is 1. The van der Waals surface area contributed by atoms with Gasteiger partial charge in [-0.05, 0) is 51.4 Å². The Morgan fingerprint density at radius 3 is 2.80 bits per heavy atom. The van der Waals surface area contributed by atoms with E-state index in [-0.39, 0.29) is 0 Å². The Morgan fingerprint density at radius 2 is 2.00 bits per heavy atom. The van der Waals surface area contributed by atoms with Crippen LogP contribution in [0.5, 0.6) is 0 Å².